The lowest BCUT2D eigenvalue weighted by molar-refractivity contribution is 0.469. The van der Waals surface area contributed by atoms with Crippen LogP contribution >= 0.6 is 0 Å². The van der Waals surface area contributed by atoms with Gasteiger partial charge in [0.05, 0.1) is 5.69 Å². The Bertz CT molecular complexity index is 1740. The van der Waals surface area contributed by atoms with Crippen molar-refractivity contribution in [3.8, 4) is 33.9 Å². The van der Waals surface area contributed by atoms with Gasteiger partial charge in [0.2, 0.25) is 0 Å². The van der Waals surface area contributed by atoms with Crippen molar-refractivity contribution in [2.45, 2.75) is 40.7 Å². The van der Waals surface area contributed by atoms with Crippen LogP contribution < -0.4 is 5.63 Å². The molecule has 5 heteroatoms. The van der Waals surface area contributed by atoms with Crippen molar-refractivity contribution in [3.63, 3.8) is 0 Å². The average Bonchev–Trinajstić information content (AvgIpc) is 3.14. The first-order chi connectivity index (χ1) is 16.2. The molecule has 0 saturated heterocycles. The number of benzene rings is 3. The zero-order valence-corrected chi connectivity index (χ0v) is 19.6. The summed E-state index contributed by atoms with van der Waals surface area (Å²) < 4.78 is 7.79. The highest BCUT2D eigenvalue weighted by Crippen LogP contribution is 2.47. The molecule has 1 aliphatic heterocycles. The number of rotatable bonds is 1. The number of hydrogen-bond donors (Lipinski definition) is 2. The molecule has 5 aromatic rings. The van der Waals surface area contributed by atoms with Crippen LogP contribution in [-0.2, 0) is 13.0 Å². The molecule has 2 aromatic heterocycles. The number of nitrogens with zero attached hydrogens (tertiary/aromatic N) is 1. The maximum absolute atomic E-state index is 13.3. The number of fused-ring (bicyclic) bond motifs is 7. The van der Waals surface area contributed by atoms with Gasteiger partial charge >= 0.3 is 5.63 Å². The summed E-state index contributed by atoms with van der Waals surface area (Å²) in [6.07, 6.45) is 0.817. The van der Waals surface area contributed by atoms with E-state index in [2.05, 4.69) is 30.5 Å². The maximum atomic E-state index is 13.3. The lowest BCUT2D eigenvalue weighted by Crippen LogP contribution is -2.15. The summed E-state index contributed by atoms with van der Waals surface area (Å²) in [7, 11) is 0. The molecular weight excluding hydrogens is 426 g/mol. The first-order valence-electron chi connectivity index (χ1n) is 11.5. The minimum atomic E-state index is -0.429. The fourth-order valence-corrected chi connectivity index (χ4v) is 5.28. The van der Waals surface area contributed by atoms with E-state index in [9.17, 15) is 15.0 Å². The van der Waals surface area contributed by atoms with Gasteiger partial charge in [-0.3, -0.25) is 0 Å². The van der Waals surface area contributed by atoms with Crippen LogP contribution in [0.1, 0.15) is 27.8 Å². The van der Waals surface area contributed by atoms with E-state index >= 15 is 0 Å². The lowest BCUT2D eigenvalue weighted by Gasteiger charge is -2.23. The van der Waals surface area contributed by atoms with Crippen molar-refractivity contribution in [1.29, 1.82) is 0 Å². The number of aromatic nitrogens is 1. The first kappa shape index (κ1) is 20.6. The van der Waals surface area contributed by atoms with Gasteiger partial charge in [-0.05, 0) is 85.7 Å². The molecule has 3 aromatic carbocycles. The molecule has 170 valence electrons. The third-order valence-electron chi connectivity index (χ3n) is 7.30. The van der Waals surface area contributed by atoms with Crippen LogP contribution in [0.15, 0.2) is 51.7 Å². The minimum absolute atomic E-state index is 0.0879. The molecule has 0 atom stereocenters. The number of aryl methyl sites for hydroxylation is 6. The fraction of sp³-hybridized carbons (Fsp3) is 0.207. The SMILES string of the molecule is Cc1cc2c(cc1C)-c1c(-c3ccc(C)c(O)c3)c3c4cc(C)c(O)cc4oc(=O)c3n1CC2. The third kappa shape index (κ3) is 2.76. The number of phenols is 2. The van der Waals surface area contributed by atoms with Crippen LogP contribution in [0.25, 0.3) is 44.3 Å². The van der Waals surface area contributed by atoms with Crippen molar-refractivity contribution in [3.05, 3.63) is 80.7 Å². The van der Waals surface area contributed by atoms with Crippen LogP contribution in [0.5, 0.6) is 11.5 Å². The number of aromatic hydroxyl groups is 2. The normalized spacial score (nSPS) is 12.8. The van der Waals surface area contributed by atoms with Gasteiger partial charge in [-0.25, -0.2) is 4.79 Å². The predicted molar refractivity (Wildman–Crippen MR) is 135 cm³/mol. The van der Waals surface area contributed by atoms with Gasteiger partial charge in [0, 0.05) is 34.5 Å². The van der Waals surface area contributed by atoms with E-state index in [1.165, 1.54) is 22.8 Å². The highest BCUT2D eigenvalue weighted by molar-refractivity contribution is 6.16. The Morgan fingerprint density at radius 2 is 1.59 bits per heavy atom. The molecule has 1 aliphatic rings. The fourth-order valence-electron chi connectivity index (χ4n) is 5.28. The van der Waals surface area contributed by atoms with Gasteiger partial charge in [-0.15, -0.1) is 0 Å². The van der Waals surface area contributed by atoms with E-state index in [0.29, 0.717) is 23.2 Å². The van der Waals surface area contributed by atoms with Crippen molar-refractivity contribution in [2.75, 3.05) is 0 Å². The Kier molecular flexibility index (Phi) is 4.24. The Balaban J connectivity index is 1.88. The second kappa shape index (κ2) is 7.00. The second-order valence-corrected chi connectivity index (χ2v) is 9.47. The predicted octanol–water partition coefficient (Wildman–Crippen LogP) is 6.28. The molecule has 0 radical (unpaired) electrons. The summed E-state index contributed by atoms with van der Waals surface area (Å²) in [6, 6.07) is 13.5. The maximum Gasteiger partial charge on any atom is 0.361 e. The highest BCUT2D eigenvalue weighted by atomic mass is 16.4. The molecule has 34 heavy (non-hydrogen) atoms. The molecule has 3 heterocycles. The van der Waals surface area contributed by atoms with Crippen molar-refractivity contribution >= 4 is 21.9 Å². The van der Waals surface area contributed by atoms with Crippen LogP contribution in [0.4, 0.5) is 0 Å². The van der Waals surface area contributed by atoms with Crippen LogP contribution in [-0.4, -0.2) is 14.8 Å². The zero-order chi connectivity index (χ0) is 23.9. The highest BCUT2D eigenvalue weighted by Gasteiger charge is 2.29. The molecular formula is C29H25NO4. The van der Waals surface area contributed by atoms with Crippen LogP contribution in [0.2, 0.25) is 0 Å². The summed E-state index contributed by atoms with van der Waals surface area (Å²) in [6.45, 7) is 8.58. The molecule has 2 N–H and O–H groups in total. The topological polar surface area (TPSA) is 75.6 Å². The van der Waals surface area contributed by atoms with E-state index in [-0.39, 0.29) is 11.5 Å². The van der Waals surface area contributed by atoms with E-state index in [0.717, 1.165) is 45.1 Å². The largest absolute Gasteiger partial charge is 0.508 e. The molecule has 0 unspecified atom stereocenters. The van der Waals surface area contributed by atoms with Gasteiger partial charge in [-0.2, -0.15) is 0 Å². The number of phenolic OH excluding ortho intramolecular Hbond substituents is 2. The van der Waals surface area contributed by atoms with E-state index < -0.39 is 5.63 Å². The van der Waals surface area contributed by atoms with E-state index in [1.807, 2.05) is 32.0 Å². The Hall–Kier alpha value is -3.99. The minimum Gasteiger partial charge on any atom is -0.508 e. The molecule has 5 nitrogen and oxygen atoms in total. The summed E-state index contributed by atoms with van der Waals surface area (Å²) in [5, 5.41) is 22.4. The third-order valence-corrected chi connectivity index (χ3v) is 7.30. The molecule has 0 spiro atoms. The number of hydrogen-bond acceptors (Lipinski definition) is 4. The average molecular weight is 452 g/mol. The second-order valence-electron chi connectivity index (χ2n) is 9.47. The first-order valence-corrected chi connectivity index (χ1v) is 11.5. The van der Waals surface area contributed by atoms with Gasteiger partial charge in [0.25, 0.3) is 0 Å². The summed E-state index contributed by atoms with van der Waals surface area (Å²) in [4.78, 5) is 13.3. The zero-order valence-electron chi connectivity index (χ0n) is 19.6. The van der Waals surface area contributed by atoms with E-state index in [4.69, 9.17) is 4.42 Å². The van der Waals surface area contributed by atoms with Crippen molar-refractivity contribution in [2.24, 2.45) is 0 Å². The van der Waals surface area contributed by atoms with E-state index in [1.54, 1.807) is 6.07 Å². The van der Waals surface area contributed by atoms with Crippen LogP contribution in [0.3, 0.4) is 0 Å². The molecule has 6 rings (SSSR count). The molecule has 0 fully saturated rings. The quantitative estimate of drug-likeness (QED) is 0.294. The van der Waals surface area contributed by atoms with Gasteiger partial charge < -0.3 is 19.2 Å². The Morgan fingerprint density at radius 1 is 0.853 bits per heavy atom. The summed E-state index contributed by atoms with van der Waals surface area (Å²) in [5.41, 5.74) is 9.42. The molecule has 0 saturated carbocycles. The lowest BCUT2D eigenvalue weighted by atomic mass is 9.89. The monoisotopic (exact) mass is 451 g/mol. The Labute approximate surface area is 196 Å². The van der Waals surface area contributed by atoms with Crippen molar-refractivity contribution in [1.82, 2.24) is 4.57 Å². The Morgan fingerprint density at radius 3 is 2.35 bits per heavy atom. The standard InChI is InChI=1S/C29H25NO4/c1-14-5-6-19(12-22(14)31)25-26-21-11-17(4)23(32)13-24(21)34-29(33)28(26)30-8-7-18-9-15(2)16(3)10-20(18)27(25)30/h5-6,9-13,31-32H,7-8H2,1-4H3. The van der Waals surface area contributed by atoms with Gasteiger partial charge in [-0.1, -0.05) is 18.2 Å². The van der Waals surface area contributed by atoms with Crippen LogP contribution in [0, 0.1) is 27.7 Å². The molecule has 0 bridgehead atoms. The van der Waals surface area contributed by atoms with Gasteiger partial charge in [0.1, 0.15) is 22.6 Å². The molecule has 0 amide bonds. The summed E-state index contributed by atoms with van der Waals surface area (Å²) in [5.74, 6) is 0.299. The smallest absolute Gasteiger partial charge is 0.361 e. The van der Waals surface area contributed by atoms with Crippen molar-refractivity contribution < 1.29 is 14.6 Å². The van der Waals surface area contributed by atoms with Gasteiger partial charge in [0.15, 0.2) is 0 Å². The molecule has 0 aliphatic carbocycles. The summed E-state index contributed by atoms with van der Waals surface area (Å²) >= 11 is 0.